The van der Waals surface area contributed by atoms with E-state index in [0.717, 1.165) is 25.7 Å². The van der Waals surface area contributed by atoms with E-state index < -0.39 is 52.5 Å². The fourth-order valence-electron chi connectivity index (χ4n) is 5.08. The maximum absolute atomic E-state index is 13.5. The zero-order valence-corrected chi connectivity index (χ0v) is 22.5. The summed E-state index contributed by atoms with van der Waals surface area (Å²) in [4.78, 5) is 20.3. The van der Waals surface area contributed by atoms with Gasteiger partial charge in [-0.05, 0) is 38.0 Å². The first kappa shape index (κ1) is 28.9. The van der Waals surface area contributed by atoms with Gasteiger partial charge in [-0.15, -0.1) is 0 Å². The van der Waals surface area contributed by atoms with Crippen LogP contribution in [-0.4, -0.2) is 62.2 Å². The molecule has 2 saturated heterocycles. The van der Waals surface area contributed by atoms with Crippen molar-refractivity contribution >= 4 is 23.0 Å². The Bertz CT molecular complexity index is 853. The molecule has 2 heterocycles. The molecule has 0 aromatic rings. The van der Waals surface area contributed by atoms with Gasteiger partial charge < -0.3 is 29.3 Å². The second kappa shape index (κ2) is 10.6. The van der Waals surface area contributed by atoms with Crippen molar-refractivity contribution < 1.29 is 56.3 Å². The SMILES string of the molecule is CCC1(O)COP1(=O)C(CC)(CC)OP(=O)(O)OP(=O)(O)OCC1O[C@@H](C2CCCC2)C[C@H]1O. The van der Waals surface area contributed by atoms with Gasteiger partial charge in [-0.25, -0.2) is 9.13 Å². The number of rotatable bonds is 12. The fraction of sp³-hybridized carbons (Fsp3) is 1.00. The van der Waals surface area contributed by atoms with Gasteiger partial charge in [0.15, 0.2) is 10.7 Å². The Hall–Kier alpha value is 0.330. The number of hydrogen-bond acceptors (Lipinski definition) is 10. The van der Waals surface area contributed by atoms with Crippen LogP contribution in [0.2, 0.25) is 0 Å². The van der Waals surface area contributed by atoms with Gasteiger partial charge in [0, 0.05) is 6.42 Å². The van der Waals surface area contributed by atoms with Crippen LogP contribution >= 0.6 is 23.0 Å². The van der Waals surface area contributed by atoms with Crippen molar-refractivity contribution in [2.45, 2.75) is 101 Å². The van der Waals surface area contributed by atoms with Crippen LogP contribution in [0.5, 0.6) is 0 Å². The van der Waals surface area contributed by atoms with E-state index in [0.29, 0.717) is 12.3 Å². The largest absolute Gasteiger partial charge is 0.482 e. The second-order valence-corrected chi connectivity index (χ2v) is 15.3. The van der Waals surface area contributed by atoms with Crippen molar-refractivity contribution in [2.75, 3.05) is 13.2 Å². The summed E-state index contributed by atoms with van der Waals surface area (Å²) >= 11 is 0. The summed E-state index contributed by atoms with van der Waals surface area (Å²) in [6.45, 7) is 3.87. The van der Waals surface area contributed by atoms with Crippen molar-refractivity contribution in [1.29, 1.82) is 0 Å². The topological polar surface area (TPSA) is 178 Å². The lowest BCUT2D eigenvalue weighted by Crippen LogP contribution is -2.52. The van der Waals surface area contributed by atoms with Gasteiger partial charge in [-0.2, -0.15) is 4.31 Å². The van der Waals surface area contributed by atoms with E-state index in [-0.39, 0.29) is 32.0 Å². The van der Waals surface area contributed by atoms with Gasteiger partial charge in [-0.3, -0.25) is 13.6 Å². The summed E-state index contributed by atoms with van der Waals surface area (Å²) in [7, 11) is -14.5. The normalized spacial score (nSPS) is 38.4. The molecule has 0 bridgehead atoms. The Kier molecular flexibility index (Phi) is 9.01. The molecule has 3 fully saturated rings. The molecule has 2 aliphatic heterocycles. The molecule has 12 nitrogen and oxygen atoms in total. The van der Waals surface area contributed by atoms with Gasteiger partial charge in [0.05, 0.1) is 25.4 Å². The monoisotopic (exact) mass is 550 g/mol. The lowest BCUT2D eigenvalue weighted by Gasteiger charge is -2.52. The standard InChI is InChI=1S/C19H37O12P3/c1-4-18(21)13-28-32(18,22)19(5-2,6-3)30-34(25,26)31-33(23,24)27-12-17-15(20)11-16(29-17)14-9-7-8-10-14/h14-17,20-21H,4-13H2,1-3H3,(H,23,24)(H,25,26)/t15-,16-,17?,18?,32?/m1/s1. The van der Waals surface area contributed by atoms with Crippen LogP contribution in [-0.2, 0) is 36.3 Å². The number of phosphoric ester groups is 2. The first-order chi connectivity index (χ1) is 15.8. The average molecular weight is 550 g/mol. The zero-order chi connectivity index (χ0) is 25.4. The first-order valence-corrected chi connectivity index (χ1v) is 16.4. The van der Waals surface area contributed by atoms with Crippen LogP contribution in [0, 0.1) is 5.92 Å². The van der Waals surface area contributed by atoms with Crippen LogP contribution < -0.4 is 0 Å². The van der Waals surface area contributed by atoms with E-state index in [9.17, 15) is 33.7 Å². The van der Waals surface area contributed by atoms with E-state index >= 15 is 0 Å². The van der Waals surface area contributed by atoms with Gasteiger partial charge in [0.25, 0.3) is 7.37 Å². The highest BCUT2D eigenvalue weighted by Gasteiger charge is 2.68. The quantitative estimate of drug-likeness (QED) is 0.258. The van der Waals surface area contributed by atoms with E-state index in [1.54, 1.807) is 6.92 Å². The Labute approximate surface area is 200 Å². The molecule has 3 rings (SSSR count). The molecule has 4 N–H and O–H groups in total. The average Bonchev–Trinajstić information content (AvgIpc) is 3.43. The van der Waals surface area contributed by atoms with E-state index in [4.69, 9.17) is 18.3 Å². The van der Waals surface area contributed by atoms with Crippen molar-refractivity contribution in [3.8, 4) is 0 Å². The van der Waals surface area contributed by atoms with Gasteiger partial charge in [-0.1, -0.05) is 33.6 Å². The molecule has 0 amide bonds. The van der Waals surface area contributed by atoms with Crippen LogP contribution in [0.3, 0.4) is 0 Å². The summed E-state index contributed by atoms with van der Waals surface area (Å²) in [5.74, 6) is 0.317. The lowest BCUT2D eigenvalue weighted by molar-refractivity contribution is -0.0406. The molecule has 1 aliphatic carbocycles. The predicted molar refractivity (Wildman–Crippen MR) is 121 cm³/mol. The Morgan fingerprint density at radius 3 is 2.24 bits per heavy atom. The number of ether oxygens (including phenoxy) is 1. The first-order valence-electron chi connectivity index (χ1n) is 11.8. The smallest absolute Gasteiger partial charge is 0.390 e. The Balaban J connectivity index is 1.63. The molecule has 0 aromatic carbocycles. The lowest BCUT2D eigenvalue weighted by atomic mass is 9.97. The van der Waals surface area contributed by atoms with E-state index in [1.165, 1.54) is 13.8 Å². The zero-order valence-electron chi connectivity index (χ0n) is 19.8. The number of hydrogen-bond donors (Lipinski definition) is 4. The summed E-state index contributed by atoms with van der Waals surface area (Å²) in [5.41, 5.74) is 0. The molecule has 1 saturated carbocycles. The summed E-state index contributed by atoms with van der Waals surface area (Å²) in [6, 6.07) is 0. The molecule has 15 heteroatoms. The number of aliphatic hydroxyl groups excluding tert-OH is 1. The van der Waals surface area contributed by atoms with Crippen molar-refractivity contribution in [1.82, 2.24) is 0 Å². The van der Waals surface area contributed by atoms with Crippen molar-refractivity contribution in [3.63, 3.8) is 0 Å². The minimum absolute atomic E-state index is 0.0547. The minimum Gasteiger partial charge on any atom is -0.390 e. The summed E-state index contributed by atoms with van der Waals surface area (Å²) in [6.07, 6.45) is 2.43. The van der Waals surface area contributed by atoms with Crippen LogP contribution in [0.25, 0.3) is 0 Å². The minimum atomic E-state index is -5.32. The molecule has 3 aliphatic rings. The Morgan fingerprint density at radius 2 is 1.74 bits per heavy atom. The highest BCUT2D eigenvalue weighted by molar-refractivity contribution is 7.65. The Morgan fingerprint density at radius 1 is 1.12 bits per heavy atom. The molecule has 200 valence electrons. The van der Waals surface area contributed by atoms with Gasteiger partial charge in [0.1, 0.15) is 6.10 Å². The number of phosphoric acid groups is 2. The van der Waals surface area contributed by atoms with Crippen molar-refractivity contribution in [2.24, 2.45) is 5.92 Å². The molecule has 7 atom stereocenters. The van der Waals surface area contributed by atoms with E-state index in [1.807, 2.05) is 0 Å². The predicted octanol–water partition coefficient (Wildman–Crippen LogP) is 3.87. The highest BCUT2D eigenvalue weighted by Crippen LogP contribution is 2.79. The molecule has 0 radical (unpaired) electrons. The molecule has 0 spiro atoms. The van der Waals surface area contributed by atoms with Crippen LogP contribution in [0.15, 0.2) is 0 Å². The highest BCUT2D eigenvalue weighted by atomic mass is 31.3. The van der Waals surface area contributed by atoms with E-state index in [2.05, 4.69) is 4.31 Å². The molecule has 5 unspecified atom stereocenters. The van der Waals surface area contributed by atoms with Crippen LogP contribution in [0.1, 0.15) is 72.1 Å². The maximum Gasteiger partial charge on any atom is 0.482 e. The third kappa shape index (κ3) is 5.59. The molecular weight excluding hydrogens is 513 g/mol. The third-order valence-electron chi connectivity index (χ3n) is 7.30. The summed E-state index contributed by atoms with van der Waals surface area (Å²) < 4.78 is 64.1. The second-order valence-electron chi connectivity index (χ2n) is 9.28. The number of aliphatic hydroxyl groups is 2. The fourth-order valence-corrected chi connectivity index (χ4v) is 11.1. The van der Waals surface area contributed by atoms with Gasteiger partial charge in [0.2, 0.25) is 0 Å². The molecule has 34 heavy (non-hydrogen) atoms. The van der Waals surface area contributed by atoms with Gasteiger partial charge >= 0.3 is 15.6 Å². The third-order valence-corrected chi connectivity index (χ3v) is 14.0. The van der Waals surface area contributed by atoms with Crippen LogP contribution in [0.4, 0.5) is 0 Å². The maximum atomic E-state index is 13.5. The molecular formula is C19H37O12P3. The molecule has 0 aromatic heterocycles. The van der Waals surface area contributed by atoms with Crippen molar-refractivity contribution in [3.05, 3.63) is 0 Å². The summed E-state index contributed by atoms with van der Waals surface area (Å²) in [5, 5.41) is 17.2.